The number of hydrogen-bond acceptors (Lipinski definition) is 2. The fourth-order valence-corrected chi connectivity index (χ4v) is 1.91. The molecule has 0 aromatic carbocycles. The van der Waals surface area contributed by atoms with Crippen LogP contribution in [0.3, 0.4) is 0 Å². The molecule has 0 aliphatic carbocycles. The first-order valence-electron chi connectivity index (χ1n) is 6.44. The summed E-state index contributed by atoms with van der Waals surface area (Å²) in [4.78, 5) is 0. The molecule has 92 valence electrons. The van der Waals surface area contributed by atoms with E-state index < -0.39 is 0 Å². The molecule has 0 spiro atoms. The molecular weight excluding hydrogens is 186 g/mol. The zero-order valence-corrected chi connectivity index (χ0v) is 11.2. The van der Waals surface area contributed by atoms with E-state index >= 15 is 0 Å². The minimum atomic E-state index is 0.338. The Morgan fingerprint density at radius 2 is 1.87 bits per heavy atom. The Bertz CT molecular complexity index is 136. The van der Waals surface area contributed by atoms with Crippen molar-refractivity contribution >= 4 is 0 Å². The van der Waals surface area contributed by atoms with Gasteiger partial charge < -0.3 is 10.1 Å². The van der Waals surface area contributed by atoms with Crippen molar-refractivity contribution in [2.75, 3.05) is 13.7 Å². The maximum absolute atomic E-state index is 5.70. The molecule has 0 amide bonds. The highest BCUT2D eigenvalue weighted by molar-refractivity contribution is 4.74. The van der Waals surface area contributed by atoms with Crippen molar-refractivity contribution in [1.82, 2.24) is 5.32 Å². The van der Waals surface area contributed by atoms with Crippen molar-refractivity contribution in [3.8, 4) is 0 Å². The van der Waals surface area contributed by atoms with Gasteiger partial charge in [-0.3, -0.25) is 0 Å². The second-order valence-electron chi connectivity index (χ2n) is 4.59. The van der Waals surface area contributed by atoms with Crippen LogP contribution in [0.15, 0.2) is 0 Å². The Kier molecular flexibility index (Phi) is 9.12. The molecule has 0 saturated heterocycles. The molecule has 0 aromatic heterocycles. The Morgan fingerprint density at radius 1 is 1.20 bits per heavy atom. The van der Waals surface area contributed by atoms with Crippen LogP contribution in [-0.2, 0) is 4.74 Å². The molecule has 0 bridgehead atoms. The third-order valence-electron chi connectivity index (χ3n) is 3.00. The molecule has 0 aromatic rings. The lowest BCUT2D eigenvalue weighted by Crippen LogP contribution is -2.38. The van der Waals surface area contributed by atoms with Crippen LogP contribution in [0.4, 0.5) is 0 Å². The summed E-state index contributed by atoms with van der Waals surface area (Å²) in [6.45, 7) is 9.57. The van der Waals surface area contributed by atoms with Gasteiger partial charge in [-0.05, 0) is 33.2 Å². The summed E-state index contributed by atoms with van der Waals surface area (Å²) in [5.74, 6) is 0.758. The first-order valence-corrected chi connectivity index (χ1v) is 6.44. The lowest BCUT2D eigenvalue weighted by molar-refractivity contribution is 0.0480. The van der Waals surface area contributed by atoms with E-state index in [0.29, 0.717) is 12.1 Å². The zero-order chi connectivity index (χ0) is 11.7. The number of unbranched alkanes of at least 4 members (excludes halogenated alkanes) is 1. The van der Waals surface area contributed by atoms with Gasteiger partial charge >= 0.3 is 0 Å². The van der Waals surface area contributed by atoms with Crippen LogP contribution in [0, 0.1) is 5.92 Å². The number of rotatable bonds is 9. The maximum Gasteiger partial charge on any atom is 0.0625 e. The van der Waals surface area contributed by atoms with E-state index in [1.165, 1.54) is 25.7 Å². The van der Waals surface area contributed by atoms with Crippen LogP contribution >= 0.6 is 0 Å². The Morgan fingerprint density at radius 3 is 2.27 bits per heavy atom. The van der Waals surface area contributed by atoms with Gasteiger partial charge in [-0.1, -0.05) is 33.1 Å². The van der Waals surface area contributed by atoms with Gasteiger partial charge in [0.15, 0.2) is 0 Å². The van der Waals surface area contributed by atoms with Gasteiger partial charge in [0.05, 0.1) is 12.7 Å². The third-order valence-corrected chi connectivity index (χ3v) is 3.00. The normalized spacial score (nSPS) is 15.6. The molecule has 0 heterocycles. The molecule has 0 fully saturated rings. The van der Waals surface area contributed by atoms with Crippen LogP contribution in [0.1, 0.15) is 53.4 Å². The van der Waals surface area contributed by atoms with E-state index in [0.717, 1.165) is 12.5 Å². The monoisotopic (exact) mass is 215 g/mol. The van der Waals surface area contributed by atoms with E-state index in [-0.39, 0.29) is 0 Å². The quantitative estimate of drug-likeness (QED) is 0.637. The second kappa shape index (κ2) is 9.17. The van der Waals surface area contributed by atoms with Crippen LogP contribution in [0.25, 0.3) is 0 Å². The average molecular weight is 215 g/mol. The molecule has 0 aliphatic rings. The molecule has 2 heteroatoms. The Hall–Kier alpha value is -0.0800. The largest absolute Gasteiger partial charge is 0.377 e. The van der Waals surface area contributed by atoms with Gasteiger partial charge in [0.25, 0.3) is 0 Å². The molecule has 1 N–H and O–H groups in total. The minimum absolute atomic E-state index is 0.338. The maximum atomic E-state index is 5.70. The van der Waals surface area contributed by atoms with Crippen molar-refractivity contribution in [2.45, 2.75) is 65.5 Å². The Labute approximate surface area is 95.8 Å². The smallest absolute Gasteiger partial charge is 0.0625 e. The number of likely N-dealkylation sites (N-methyl/N-ethyl adjacent to an activating group) is 1. The summed E-state index contributed by atoms with van der Waals surface area (Å²) >= 11 is 0. The molecule has 0 saturated carbocycles. The van der Waals surface area contributed by atoms with Crippen LogP contribution in [0.5, 0.6) is 0 Å². The molecular formula is C13H29NO. The number of nitrogens with one attached hydrogen (secondary N) is 1. The van der Waals surface area contributed by atoms with Crippen molar-refractivity contribution in [3.63, 3.8) is 0 Å². The molecule has 0 aliphatic heterocycles. The van der Waals surface area contributed by atoms with Gasteiger partial charge in [0.1, 0.15) is 0 Å². The summed E-state index contributed by atoms with van der Waals surface area (Å²) < 4.78 is 5.70. The summed E-state index contributed by atoms with van der Waals surface area (Å²) in [6.07, 6.45) is 5.52. The first-order chi connectivity index (χ1) is 7.15. The number of hydrogen-bond donors (Lipinski definition) is 1. The van der Waals surface area contributed by atoms with Crippen LogP contribution in [-0.4, -0.2) is 25.8 Å². The highest BCUT2D eigenvalue weighted by Gasteiger charge is 2.18. The summed E-state index contributed by atoms with van der Waals surface area (Å²) in [5.41, 5.74) is 0. The lowest BCUT2D eigenvalue weighted by atomic mass is 9.92. The van der Waals surface area contributed by atoms with E-state index in [2.05, 4.69) is 33.0 Å². The predicted octanol–water partition coefficient (Wildman–Crippen LogP) is 3.22. The second-order valence-corrected chi connectivity index (χ2v) is 4.59. The van der Waals surface area contributed by atoms with E-state index in [1.54, 1.807) is 0 Å². The van der Waals surface area contributed by atoms with E-state index in [9.17, 15) is 0 Å². The van der Waals surface area contributed by atoms with Crippen molar-refractivity contribution < 1.29 is 4.74 Å². The van der Waals surface area contributed by atoms with Crippen LogP contribution in [0.2, 0.25) is 0 Å². The standard InChI is InChI=1S/C13H29NO/c1-6-8-9-12(7-2)13(14-5)10-15-11(3)4/h11-14H,6-10H2,1-5H3. The van der Waals surface area contributed by atoms with E-state index in [1.807, 2.05) is 7.05 Å². The highest BCUT2D eigenvalue weighted by atomic mass is 16.5. The summed E-state index contributed by atoms with van der Waals surface area (Å²) in [5, 5.41) is 3.39. The molecule has 15 heavy (non-hydrogen) atoms. The summed E-state index contributed by atoms with van der Waals surface area (Å²) in [6, 6.07) is 0.518. The van der Waals surface area contributed by atoms with Crippen molar-refractivity contribution in [2.24, 2.45) is 5.92 Å². The molecule has 0 rings (SSSR count). The minimum Gasteiger partial charge on any atom is -0.377 e. The van der Waals surface area contributed by atoms with Gasteiger partial charge in [0, 0.05) is 6.04 Å². The fourth-order valence-electron chi connectivity index (χ4n) is 1.91. The SMILES string of the molecule is CCCCC(CC)C(COC(C)C)NC. The molecule has 0 radical (unpaired) electrons. The van der Waals surface area contributed by atoms with Gasteiger partial charge in [0.2, 0.25) is 0 Å². The van der Waals surface area contributed by atoms with Gasteiger partial charge in [-0.2, -0.15) is 0 Å². The van der Waals surface area contributed by atoms with Crippen molar-refractivity contribution in [3.05, 3.63) is 0 Å². The summed E-state index contributed by atoms with van der Waals surface area (Å²) in [7, 11) is 2.04. The lowest BCUT2D eigenvalue weighted by Gasteiger charge is -2.26. The molecule has 2 unspecified atom stereocenters. The highest BCUT2D eigenvalue weighted by Crippen LogP contribution is 2.17. The van der Waals surface area contributed by atoms with E-state index in [4.69, 9.17) is 4.74 Å². The fraction of sp³-hybridized carbons (Fsp3) is 1.00. The van der Waals surface area contributed by atoms with Gasteiger partial charge in [-0.25, -0.2) is 0 Å². The molecule has 2 nitrogen and oxygen atoms in total. The Balaban J connectivity index is 3.96. The topological polar surface area (TPSA) is 21.3 Å². The zero-order valence-electron chi connectivity index (χ0n) is 11.2. The first kappa shape index (κ1) is 14.9. The third kappa shape index (κ3) is 6.91. The average Bonchev–Trinajstić information content (AvgIpc) is 2.22. The van der Waals surface area contributed by atoms with Crippen LogP contribution < -0.4 is 5.32 Å². The number of ether oxygens (including phenoxy) is 1. The van der Waals surface area contributed by atoms with Gasteiger partial charge in [-0.15, -0.1) is 0 Å². The van der Waals surface area contributed by atoms with Crippen molar-refractivity contribution in [1.29, 1.82) is 0 Å². The predicted molar refractivity (Wildman–Crippen MR) is 67.2 cm³/mol. The molecule has 2 atom stereocenters.